The van der Waals surface area contributed by atoms with Crippen molar-refractivity contribution in [2.24, 2.45) is 16.7 Å². The second-order valence-corrected chi connectivity index (χ2v) is 15.8. The first-order valence-electron chi connectivity index (χ1n) is 18.2. The van der Waals surface area contributed by atoms with Crippen LogP contribution in [-0.4, -0.2) is 73.5 Å². The number of hydrogen-bond donors (Lipinski definition) is 0. The van der Waals surface area contributed by atoms with E-state index in [9.17, 15) is 14.0 Å². The van der Waals surface area contributed by atoms with Gasteiger partial charge in [-0.3, -0.25) is 4.90 Å². The topological polar surface area (TPSA) is 62.5 Å². The average Bonchev–Trinajstić information content (AvgIpc) is 3.51. The molecule has 3 aliphatic heterocycles. The fraction of sp³-hybridized carbons (Fsp3) is 0.703. The van der Waals surface area contributed by atoms with Crippen LogP contribution in [0.5, 0.6) is 0 Å². The van der Waals surface area contributed by atoms with Gasteiger partial charge in [-0.15, -0.1) is 10.2 Å². The van der Waals surface area contributed by atoms with Crippen LogP contribution in [0, 0.1) is 28.1 Å². The molecule has 2 aromatic rings. The van der Waals surface area contributed by atoms with Gasteiger partial charge in [0.15, 0.2) is 11.6 Å². The number of benzene rings is 1. The van der Waals surface area contributed by atoms with E-state index < -0.39 is 6.55 Å². The molecule has 3 saturated heterocycles. The lowest BCUT2D eigenvalue weighted by molar-refractivity contribution is 0.0419. The molecule has 2 saturated carbocycles. The maximum absolute atomic E-state index is 14.5. The van der Waals surface area contributed by atoms with Gasteiger partial charge in [0.1, 0.15) is 6.07 Å². The zero-order chi connectivity index (χ0) is 32.4. The Morgan fingerprint density at radius 2 is 1.51 bits per heavy atom. The van der Waals surface area contributed by atoms with Crippen LogP contribution in [-0.2, 0) is 0 Å². The van der Waals surface area contributed by atoms with Crippen LogP contribution in [0.2, 0.25) is 5.02 Å². The minimum atomic E-state index is -2.59. The lowest BCUT2D eigenvalue weighted by Crippen LogP contribution is -2.48. The van der Waals surface area contributed by atoms with E-state index in [1.165, 1.54) is 69.5 Å². The Morgan fingerprint density at radius 3 is 2.13 bits per heavy atom. The number of rotatable bonds is 7. The van der Waals surface area contributed by atoms with E-state index in [2.05, 4.69) is 31.0 Å². The van der Waals surface area contributed by atoms with E-state index in [0.29, 0.717) is 21.8 Å². The molecule has 2 spiro atoms. The number of nitrogens with zero attached hydrogens (tertiary/aromatic N) is 7. The second-order valence-electron chi connectivity index (χ2n) is 15.4. The average molecular weight is 666 g/mol. The van der Waals surface area contributed by atoms with Gasteiger partial charge in [-0.1, -0.05) is 30.9 Å². The van der Waals surface area contributed by atoms with E-state index in [-0.39, 0.29) is 11.5 Å². The van der Waals surface area contributed by atoms with Gasteiger partial charge >= 0.3 is 6.55 Å². The highest BCUT2D eigenvalue weighted by Gasteiger charge is 2.43. The molecule has 0 N–H and O–H groups in total. The van der Waals surface area contributed by atoms with Gasteiger partial charge in [-0.25, -0.2) is 0 Å². The molecule has 1 aromatic carbocycles. The van der Waals surface area contributed by atoms with Gasteiger partial charge in [0.25, 0.3) is 0 Å². The third kappa shape index (κ3) is 7.20. The SMILES string of the molecule is N#Cc1ccc(N2CCC3(CCN(c4ccc(N(C(F)F)C5CCC6(CC5)CCN(CC5CCCCC5)CC6)nn4)CC3)C2)cc1Cl. The molecule has 1 aromatic heterocycles. The summed E-state index contributed by atoms with van der Waals surface area (Å²) in [5, 5.41) is 18.6. The summed E-state index contributed by atoms with van der Waals surface area (Å²) in [6, 6.07) is 11.3. The van der Waals surface area contributed by atoms with Crippen LogP contribution in [0.3, 0.4) is 0 Å². The number of hydrogen-bond acceptors (Lipinski definition) is 7. The molecule has 254 valence electrons. The normalized spacial score (nSPS) is 23.9. The number of halogens is 3. The number of anilines is 3. The second kappa shape index (κ2) is 14.0. The summed E-state index contributed by atoms with van der Waals surface area (Å²) in [5.41, 5.74) is 2.15. The molecule has 0 amide bonds. The van der Waals surface area contributed by atoms with Gasteiger partial charge in [0, 0.05) is 44.5 Å². The van der Waals surface area contributed by atoms with E-state index in [4.69, 9.17) is 11.6 Å². The number of piperidine rings is 2. The maximum Gasteiger partial charge on any atom is 0.316 e. The summed E-state index contributed by atoms with van der Waals surface area (Å²) >= 11 is 6.31. The minimum absolute atomic E-state index is 0.188. The Balaban J connectivity index is 0.904. The summed E-state index contributed by atoms with van der Waals surface area (Å²) in [4.78, 5) is 8.56. The maximum atomic E-state index is 14.5. The van der Waals surface area contributed by atoms with Crippen molar-refractivity contribution in [1.29, 1.82) is 5.26 Å². The smallest absolute Gasteiger partial charge is 0.316 e. The molecule has 5 aliphatic rings. The van der Waals surface area contributed by atoms with Crippen molar-refractivity contribution in [3.63, 3.8) is 0 Å². The molecule has 47 heavy (non-hydrogen) atoms. The van der Waals surface area contributed by atoms with Crippen molar-refractivity contribution in [3.05, 3.63) is 40.9 Å². The molecule has 7 rings (SSSR count). The van der Waals surface area contributed by atoms with E-state index in [1.54, 1.807) is 12.1 Å². The fourth-order valence-electron chi connectivity index (χ4n) is 9.57. The van der Waals surface area contributed by atoms with Crippen molar-refractivity contribution < 1.29 is 8.78 Å². The quantitative estimate of drug-likeness (QED) is 0.277. The number of likely N-dealkylation sites (tertiary alicyclic amines) is 1. The van der Waals surface area contributed by atoms with Gasteiger partial charge in [0.2, 0.25) is 0 Å². The predicted molar refractivity (Wildman–Crippen MR) is 184 cm³/mol. The molecule has 0 atom stereocenters. The molecule has 0 bridgehead atoms. The van der Waals surface area contributed by atoms with Gasteiger partial charge in [-0.2, -0.15) is 14.0 Å². The number of alkyl halides is 2. The zero-order valence-electron chi connectivity index (χ0n) is 27.7. The lowest BCUT2D eigenvalue weighted by Gasteiger charge is -2.48. The molecule has 10 heteroatoms. The Labute approximate surface area is 284 Å². The van der Waals surface area contributed by atoms with Crippen LogP contribution >= 0.6 is 11.6 Å². The van der Waals surface area contributed by atoms with Gasteiger partial charge in [0.05, 0.1) is 10.6 Å². The van der Waals surface area contributed by atoms with Crippen molar-refractivity contribution in [2.75, 3.05) is 60.5 Å². The summed E-state index contributed by atoms with van der Waals surface area (Å²) in [6.45, 7) is 4.72. The van der Waals surface area contributed by atoms with Crippen LogP contribution in [0.25, 0.3) is 0 Å². The highest BCUT2D eigenvalue weighted by atomic mass is 35.5. The van der Waals surface area contributed by atoms with Crippen LogP contribution in [0.15, 0.2) is 30.3 Å². The van der Waals surface area contributed by atoms with Crippen molar-refractivity contribution >= 4 is 28.9 Å². The van der Waals surface area contributed by atoms with E-state index in [1.807, 2.05) is 18.2 Å². The Kier molecular flexibility index (Phi) is 9.80. The Morgan fingerprint density at radius 1 is 0.830 bits per heavy atom. The van der Waals surface area contributed by atoms with Crippen molar-refractivity contribution in [2.45, 2.75) is 102 Å². The summed E-state index contributed by atoms with van der Waals surface area (Å²) in [5.74, 6) is 1.95. The van der Waals surface area contributed by atoms with Crippen LogP contribution < -0.4 is 14.7 Å². The van der Waals surface area contributed by atoms with Crippen LogP contribution in [0.1, 0.15) is 95.5 Å². The third-order valence-corrected chi connectivity index (χ3v) is 13.0. The molecular weight excluding hydrogens is 616 g/mol. The van der Waals surface area contributed by atoms with E-state index in [0.717, 1.165) is 88.5 Å². The van der Waals surface area contributed by atoms with Crippen molar-refractivity contribution in [1.82, 2.24) is 15.1 Å². The number of aromatic nitrogens is 2. The Bertz CT molecular complexity index is 1380. The minimum Gasteiger partial charge on any atom is -0.371 e. The van der Waals surface area contributed by atoms with Gasteiger partial charge < -0.3 is 14.7 Å². The zero-order valence-corrected chi connectivity index (χ0v) is 28.5. The summed E-state index contributed by atoms with van der Waals surface area (Å²) in [7, 11) is 0. The lowest BCUT2D eigenvalue weighted by atomic mass is 9.66. The van der Waals surface area contributed by atoms with Gasteiger partial charge in [-0.05, 0) is 131 Å². The highest BCUT2D eigenvalue weighted by Crippen LogP contribution is 2.47. The van der Waals surface area contributed by atoms with Crippen molar-refractivity contribution in [3.8, 4) is 6.07 Å². The predicted octanol–water partition coefficient (Wildman–Crippen LogP) is 8.13. The Hall–Kier alpha value is -2.70. The standard InChI is InChI=1S/C37H50ClF2N7/c38-32-24-31(7-6-29(32)25-41)46-23-18-37(27-46)16-21-45(22-17-37)33-8-9-34(43-42-33)47(35(39)40)30-10-12-36(13-11-30)14-19-44(20-15-36)26-28-4-2-1-3-5-28/h6-9,24,28,30,35H,1-5,10-23,26-27H2. The first kappa shape index (κ1) is 32.8. The summed E-state index contributed by atoms with van der Waals surface area (Å²) in [6.07, 6.45) is 16.3. The fourth-order valence-corrected chi connectivity index (χ4v) is 9.79. The molecule has 5 fully saturated rings. The number of nitriles is 1. The molecular formula is C37H50ClF2N7. The third-order valence-electron chi connectivity index (χ3n) is 12.7. The monoisotopic (exact) mass is 665 g/mol. The molecule has 4 heterocycles. The largest absolute Gasteiger partial charge is 0.371 e. The van der Waals surface area contributed by atoms with E-state index >= 15 is 0 Å². The summed E-state index contributed by atoms with van der Waals surface area (Å²) < 4.78 is 29.1. The first-order chi connectivity index (χ1) is 22.8. The molecule has 2 aliphatic carbocycles. The molecule has 7 nitrogen and oxygen atoms in total. The molecule has 0 radical (unpaired) electrons. The highest BCUT2D eigenvalue weighted by molar-refractivity contribution is 6.32. The van der Waals surface area contributed by atoms with Crippen LogP contribution in [0.4, 0.5) is 26.1 Å². The molecule has 0 unspecified atom stereocenters. The first-order valence-corrected chi connectivity index (χ1v) is 18.5.